The van der Waals surface area contributed by atoms with Crippen LogP contribution in [0.5, 0.6) is 5.75 Å². The minimum atomic E-state index is -0.973. The number of anilines is 3. The summed E-state index contributed by atoms with van der Waals surface area (Å²) in [6.45, 7) is 4.89. The number of fused-ring (bicyclic) bond motifs is 3. The van der Waals surface area contributed by atoms with Gasteiger partial charge in [0, 0.05) is 86.2 Å². The molecule has 3 aromatic rings. The standard InChI is InChI=1S/C36H36N6O8S/c43-33-9-8-30(34(44)38-33)41-35(45)26-5-2-21(16-27(26)36(41)46)40-13-11-39(12-14-40)10-1-15-49-24-18-25(19-24)50-23-4-7-29-32(20-23)51-31-17-22(42(47)48)3-6-28(31)37-29/h2-7,16-17,20,24-25,30,37H,1,8-15,18-19H2,(H,38,43,44). The van der Waals surface area contributed by atoms with E-state index in [2.05, 4.69) is 20.4 Å². The van der Waals surface area contributed by atoms with Crippen molar-refractivity contribution in [1.82, 2.24) is 15.1 Å². The Morgan fingerprint density at radius 1 is 0.843 bits per heavy atom. The molecule has 1 aliphatic carbocycles. The number of rotatable bonds is 10. The monoisotopic (exact) mass is 712 g/mol. The van der Waals surface area contributed by atoms with Crippen LogP contribution in [0.25, 0.3) is 0 Å². The zero-order valence-corrected chi connectivity index (χ0v) is 28.5. The number of imide groups is 2. The number of piperidine rings is 1. The number of amides is 4. The van der Waals surface area contributed by atoms with Crippen LogP contribution in [0.3, 0.4) is 0 Å². The molecular weight excluding hydrogens is 676 g/mol. The molecule has 8 rings (SSSR count). The van der Waals surface area contributed by atoms with Crippen molar-refractivity contribution in [3.05, 3.63) is 75.8 Å². The number of non-ortho nitro benzene ring substituents is 1. The molecule has 51 heavy (non-hydrogen) atoms. The molecular formula is C36H36N6O8S. The Hall–Kier alpha value is -4.99. The number of piperazine rings is 1. The summed E-state index contributed by atoms with van der Waals surface area (Å²) in [7, 11) is 0. The van der Waals surface area contributed by atoms with Crippen LogP contribution in [-0.4, -0.2) is 95.9 Å². The lowest BCUT2D eigenvalue weighted by molar-refractivity contribution is -0.385. The Bertz CT molecular complexity index is 1940. The van der Waals surface area contributed by atoms with Gasteiger partial charge in [0.25, 0.3) is 17.5 Å². The Morgan fingerprint density at radius 2 is 1.59 bits per heavy atom. The maximum absolute atomic E-state index is 13.2. The summed E-state index contributed by atoms with van der Waals surface area (Å²) < 4.78 is 12.3. The van der Waals surface area contributed by atoms with Crippen LogP contribution in [-0.2, 0) is 14.3 Å². The first-order chi connectivity index (χ1) is 24.7. The predicted molar refractivity (Wildman–Crippen MR) is 187 cm³/mol. The summed E-state index contributed by atoms with van der Waals surface area (Å²) in [5, 5.41) is 16.8. The van der Waals surface area contributed by atoms with Crippen molar-refractivity contribution in [3.63, 3.8) is 0 Å². The maximum Gasteiger partial charge on any atom is 0.270 e. The second kappa shape index (κ2) is 13.6. The highest BCUT2D eigenvalue weighted by atomic mass is 32.2. The van der Waals surface area contributed by atoms with E-state index in [0.29, 0.717) is 12.2 Å². The number of ether oxygens (including phenoxy) is 2. The normalized spacial score (nSPS) is 22.8. The van der Waals surface area contributed by atoms with Crippen LogP contribution >= 0.6 is 11.8 Å². The smallest absolute Gasteiger partial charge is 0.270 e. The average molecular weight is 713 g/mol. The second-order valence-electron chi connectivity index (χ2n) is 13.4. The summed E-state index contributed by atoms with van der Waals surface area (Å²) in [5.41, 5.74) is 3.32. The highest BCUT2D eigenvalue weighted by molar-refractivity contribution is 7.99. The molecule has 264 valence electrons. The number of carbonyl (C=O) groups excluding carboxylic acids is 4. The SMILES string of the molecule is O=C1CCC(N2C(=O)c3ccc(N4CCN(CCCOC5CC(Oc6ccc7c(c6)Sc6cc([N+](=O)[O-])ccc6N7)C5)CC4)cc3C2=O)C(=O)N1. The highest BCUT2D eigenvalue weighted by Crippen LogP contribution is 2.47. The number of hydrogen-bond donors (Lipinski definition) is 2. The third-order valence-electron chi connectivity index (χ3n) is 10.1. The van der Waals surface area contributed by atoms with Gasteiger partial charge in [0.1, 0.15) is 17.9 Å². The average Bonchev–Trinajstić information content (AvgIpc) is 3.35. The van der Waals surface area contributed by atoms with Gasteiger partial charge in [-0.2, -0.15) is 0 Å². The second-order valence-corrected chi connectivity index (χ2v) is 14.5. The summed E-state index contributed by atoms with van der Waals surface area (Å²) >= 11 is 1.49. The summed E-state index contributed by atoms with van der Waals surface area (Å²) in [4.78, 5) is 68.4. The van der Waals surface area contributed by atoms with Crippen molar-refractivity contribution in [1.29, 1.82) is 0 Å². The highest BCUT2D eigenvalue weighted by Gasteiger charge is 2.45. The lowest BCUT2D eigenvalue weighted by Crippen LogP contribution is -2.54. The molecule has 4 aliphatic heterocycles. The Labute approximate surface area is 297 Å². The molecule has 1 atom stereocenters. The third-order valence-corrected chi connectivity index (χ3v) is 11.2. The molecule has 4 amide bonds. The van der Waals surface area contributed by atoms with Crippen molar-refractivity contribution < 1.29 is 33.6 Å². The van der Waals surface area contributed by atoms with Crippen molar-refractivity contribution in [2.75, 3.05) is 49.5 Å². The summed E-state index contributed by atoms with van der Waals surface area (Å²) in [5.74, 6) is -1.22. The largest absolute Gasteiger partial charge is 0.490 e. The zero-order valence-electron chi connectivity index (χ0n) is 27.7. The van der Waals surface area contributed by atoms with E-state index in [4.69, 9.17) is 9.47 Å². The molecule has 0 radical (unpaired) electrons. The van der Waals surface area contributed by atoms with Crippen molar-refractivity contribution >= 4 is 58.1 Å². The van der Waals surface area contributed by atoms with Crippen LogP contribution in [0.15, 0.2) is 64.4 Å². The number of nitrogens with zero attached hydrogens (tertiary/aromatic N) is 4. The van der Waals surface area contributed by atoms with E-state index >= 15 is 0 Å². The van der Waals surface area contributed by atoms with Gasteiger partial charge < -0.3 is 19.7 Å². The molecule has 1 unspecified atom stereocenters. The minimum Gasteiger partial charge on any atom is -0.490 e. The first-order valence-corrected chi connectivity index (χ1v) is 18.0. The van der Waals surface area contributed by atoms with Gasteiger partial charge >= 0.3 is 0 Å². The number of nitro benzene ring substituents is 1. The van der Waals surface area contributed by atoms with E-state index in [0.717, 1.165) is 89.5 Å². The molecule has 15 heteroatoms. The summed E-state index contributed by atoms with van der Waals surface area (Å²) in [6.07, 6.45) is 3.06. The van der Waals surface area contributed by atoms with E-state index in [9.17, 15) is 29.3 Å². The number of benzene rings is 3. The molecule has 3 fully saturated rings. The van der Waals surface area contributed by atoms with E-state index in [1.54, 1.807) is 24.3 Å². The molecule has 0 aromatic heterocycles. The quantitative estimate of drug-likeness (QED) is 0.104. The lowest BCUT2D eigenvalue weighted by Gasteiger charge is -2.37. The molecule has 5 aliphatic rings. The van der Waals surface area contributed by atoms with Gasteiger partial charge in [-0.05, 0) is 55.3 Å². The van der Waals surface area contributed by atoms with Crippen molar-refractivity contribution in [2.24, 2.45) is 0 Å². The third kappa shape index (κ3) is 6.64. The van der Waals surface area contributed by atoms with E-state index < -0.39 is 29.7 Å². The molecule has 4 heterocycles. The zero-order chi connectivity index (χ0) is 35.2. The first kappa shape index (κ1) is 33.2. The number of hydrogen-bond acceptors (Lipinski definition) is 12. The van der Waals surface area contributed by atoms with E-state index in [1.807, 2.05) is 24.3 Å². The van der Waals surface area contributed by atoms with Crippen LogP contribution in [0, 0.1) is 10.1 Å². The van der Waals surface area contributed by atoms with Gasteiger partial charge in [0.05, 0.1) is 33.5 Å². The van der Waals surface area contributed by atoms with Crippen molar-refractivity contribution in [2.45, 2.75) is 60.1 Å². The van der Waals surface area contributed by atoms with Gasteiger partial charge in [0.2, 0.25) is 11.8 Å². The van der Waals surface area contributed by atoms with Gasteiger partial charge in [-0.1, -0.05) is 11.8 Å². The molecule has 2 saturated heterocycles. The van der Waals surface area contributed by atoms with Crippen LogP contribution in [0.2, 0.25) is 0 Å². The van der Waals surface area contributed by atoms with Crippen molar-refractivity contribution in [3.8, 4) is 5.75 Å². The predicted octanol–water partition coefficient (Wildman–Crippen LogP) is 4.34. The Kier molecular flexibility index (Phi) is 8.86. The fraction of sp³-hybridized carbons (Fsp3) is 0.389. The summed E-state index contributed by atoms with van der Waals surface area (Å²) in [6, 6.07) is 15.0. The lowest BCUT2D eigenvalue weighted by atomic mass is 9.92. The molecule has 14 nitrogen and oxygen atoms in total. The first-order valence-electron chi connectivity index (χ1n) is 17.2. The van der Waals surface area contributed by atoms with E-state index in [-0.39, 0.29) is 41.2 Å². The molecule has 1 saturated carbocycles. The molecule has 0 spiro atoms. The van der Waals surface area contributed by atoms with Gasteiger partial charge in [-0.3, -0.25) is 44.4 Å². The van der Waals surface area contributed by atoms with E-state index in [1.165, 1.54) is 17.8 Å². The topological polar surface area (TPSA) is 164 Å². The van der Waals surface area contributed by atoms with Gasteiger partial charge in [0.15, 0.2) is 0 Å². The maximum atomic E-state index is 13.2. The fourth-order valence-electron chi connectivity index (χ4n) is 7.21. The molecule has 2 N–H and O–H groups in total. The van der Waals surface area contributed by atoms with Crippen LogP contribution in [0.1, 0.15) is 52.8 Å². The van der Waals surface area contributed by atoms with Gasteiger partial charge in [-0.25, -0.2) is 0 Å². The van der Waals surface area contributed by atoms with Crippen LogP contribution in [0.4, 0.5) is 22.7 Å². The minimum absolute atomic E-state index is 0.0664. The molecule has 0 bridgehead atoms. The number of nitro groups is 1. The molecule has 3 aromatic carbocycles. The van der Waals surface area contributed by atoms with Gasteiger partial charge in [-0.15, -0.1) is 0 Å². The number of carbonyl (C=O) groups is 4. The Balaban J connectivity index is 0.747. The fourth-order valence-corrected chi connectivity index (χ4v) is 8.25. The number of nitrogens with one attached hydrogen (secondary N) is 2. The van der Waals surface area contributed by atoms with Crippen LogP contribution < -0.4 is 20.3 Å². The Morgan fingerprint density at radius 3 is 2.35 bits per heavy atom.